The van der Waals surface area contributed by atoms with Gasteiger partial charge >= 0.3 is 0 Å². The first kappa shape index (κ1) is 19.3. The van der Waals surface area contributed by atoms with E-state index in [1.165, 1.54) is 22.9 Å². The van der Waals surface area contributed by atoms with Gasteiger partial charge in [-0.3, -0.25) is 4.90 Å². The summed E-state index contributed by atoms with van der Waals surface area (Å²) >= 11 is 0. The fraction of sp³-hybridized carbons (Fsp3) is 0.304. The molecule has 3 nitrogen and oxygen atoms in total. The molecule has 27 heavy (non-hydrogen) atoms. The van der Waals surface area contributed by atoms with E-state index in [0.717, 1.165) is 25.2 Å². The Balaban J connectivity index is 1.74. The Kier molecular flexibility index (Phi) is 6.80. The lowest BCUT2D eigenvalue weighted by Crippen LogP contribution is -2.28. The van der Waals surface area contributed by atoms with Gasteiger partial charge in [-0.1, -0.05) is 36.4 Å². The molecule has 0 amide bonds. The minimum absolute atomic E-state index is 0.192. The van der Waals surface area contributed by atoms with Gasteiger partial charge in [0.2, 0.25) is 0 Å². The number of halogens is 1. The van der Waals surface area contributed by atoms with Crippen LogP contribution in [0.4, 0.5) is 4.39 Å². The first-order valence-electron chi connectivity index (χ1n) is 9.30. The fourth-order valence-electron chi connectivity index (χ4n) is 3.28. The van der Waals surface area contributed by atoms with Gasteiger partial charge in [0.1, 0.15) is 5.82 Å². The number of hydrogen-bond acceptors (Lipinski definition) is 2. The zero-order chi connectivity index (χ0) is 19.1. The minimum Gasteiger partial charge on any atom is -0.383 e. The van der Waals surface area contributed by atoms with E-state index in [-0.39, 0.29) is 5.82 Å². The highest BCUT2D eigenvalue weighted by Crippen LogP contribution is 2.15. The number of aryl methyl sites for hydroxylation is 1. The van der Waals surface area contributed by atoms with Crippen LogP contribution in [0, 0.1) is 12.7 Å². The predicted molar refractivity (Wildman–Crippen MR) is 107 cm³/mol. The highest BCUT2D eigenvalue weighted by atomic mass is 19.1. The molecule has 1 aromatic heterocycles. The quantitative estimate of drug-likeness (QED) is 0.549. The van der Waals surface area contributed by atoms with Crippen molar-refractivity contribution in [3.8, 4) is 0 Å². The topological polar surface area (TPSA) is 17.4 Å². The Morgan fingerprint density at radius 3 is 2.63 bits per heavy atom. The number of ether oxygens (including phenoxy) is 1. The van der Waals surface area contributed by atoms with Gasteiger partial charge in [0.15, 0.2) is 0 Å². The maximum atomic E-state index is 13.5. The van der Waals surface area contributed by atoms with Crippen LogP contribution in [0.1, 0.15) is 22.4 Å². The summed E-state index contributed by atoms with van der Waals surface area (Å²) in [5, 5.41) is 0. The zero-order valence-corrected chi connectivity index (χ0v) is 16.1. The summed E-state index contributed by atoms with van der Waals surface area (Å²) in [7, 11) is 1.71. The van der Waals surface area contributed by atoms with Crippen molar-refractivity contribution in [3.05, 3.63) is 95.1 Å². The summed E-state index contributed by atoms with van der Waals surface area (Å²) in [6, 6.07) is 19.5. The lowest BCUT2D eigenvalue weighted by Gasteiger charge is -2.23. The second-order valence-electron chi connectivity index (χ2n) is 6.89. The number of hydrogen-bond donors (Lipinski definition) is 0. The Hall–Kier alpha value is -2.43. The molecule has 142 valence electrons. The van der Waals surface area contributed by atoms with Crippen LogP contribution in [0.5, 0.6) is 0 Å². The molecule has 0 radical (unpaired) electrons. The smallest absolute Gasteiger partial charge is 0.123 e. The number of aromatic nitrogens is 1. The van der Waals surface area contributed by atoms with Crippen LogP contribution in [0.3, 0.4) is 0 Å². The second kappa shape index (κ2) is 9.49. The summed E-state index contributed by atoms with van der Waals surface area (Å²) in [4.78, 5) is 2.29. The van der Waals surface area contributed by atoms with Crippen LogP contribution in [0.2, 0.25) is 0 Å². The van der Waals surface area contributed by atoms with Crippen LogP contribution in [0.15, 0.2) is 66.9 Å². The van der Waals surface area contributed by atoms with Gasteiger partial charge in [0.05, 0.1) is 6.61 Å². The Bertz CT molecular complexity index is 859. The molecule has 0 atom stereocenters. The average molecular weight is 366 g/mol. The molecule has 0 aliphatic heterocycles. The van der Waals surface area contributed by atoms with Gasteiger partial charge in [0.25, 0.3) is 0 Å². The second-order valence-corrected chi connectivity index (χ2v) is 6.89. The number of nitrogens with zero attached hydrogens (tertiary/aromatic N) is 2. The van der Waals surface area contributed by atoms with E-state index in [4.69, 9.17) is 4.74 Å². The lowest BCUT2D eigenvalue weighted by molar-refractivity contribution is 0.138. The predicted octanol–water partition coefficient (Wildman–Crippen LogP) is 4.63. The van der Waals surface area contributed by atoms with E-state index in [2.05, 4.69) is 59.0 Å². The van der Waals surface area contributed by atoms with Crippen molar-refractivity contribution in [2.45, 2.75) is 26.6 Å². The third-order valence-corrected chi connectivity index (χ3v) is 4.82. The molecule has 3 rings (SSSR count). The molecule has 0 aliphatic rings. The molecule has 3 aromatic rings. The maximum Gasteiger partial charge on any atom is 0.123 e. The van der Waals surface area contributed by atoms with Crippen molar-refractivity contribution in [1.82, 2.24) is 9.47 Å². The van der Waals surface area contributed by atoms with Crippen molar-refractivity contribution in [2.75, 3.05) is 20.3 Å². The largest absolute Gasteiger partial charge is 0.383 e. The summed E-state index contributed by atoms with van der Waals surface area (Å²) < 4.78 is 21.1. The monoisotopic (exact) mass is 366 g/mol. The van der Waals surface area contributed by atoms with Crippen molar-refractivity contribution in [1.29, 1.82) is 0 Å². The highest BCUT2D eigenvalue weighted by molar-refractivity contribution is 5.26. The molecule has 0 saturated carbocycles. The molecule has 0 unspecified atom stereocenters. The average Bonchev–Trinajstić information content (AvgIpc) is 3.08. The standard InChI is InChI=1S/C23H27FN2O/c1-19-7-3-4-9-21(19)17-26-12-6-11-23(26)18-25(13-14-27-2)16-20-8-5-10-22(24)15-20/h3-12,15H,13-14,16-18H2,1-2H3. The normalized spacial score (nSPS) is 11.3. The molecule has 1 heterocycles. The zero-order valence-electron chi connectivity index (χ0n) is 16.1. The van der Waals surface area contributed by atoms with Crippen LogP contribution >= 0.6 is 0 Å². The Morgan fingerprint density at radius 2 is 1.85 bits per heavy atom. The SMILES string of the molecule is COCCN(Cc1cccc(F)c1)Cc1cccn1Cc1ccccc1C. The molecule has 4 heteroatoms. The first-order valence-corrected chi connectivity index (χ1v) is 9.30. The summed E-state index contributed by atoms with van der Waals surface area (Å²) in [6.45, 7) is 5.92. The van der Waals surface area contributed by atoms with Gasteiger partial charge in [-0.25, -0.2) is 4.39 Å². The molecule has 0 bridgehead atoms. The third-order valence-electron chi connectivity index (χ3n) is 4.82. The first-order chi connectivity index (χ1) is 13.2. The minimum atomic E-state index is -0.192. The van der Waals surface area contributed by atoms with Gasteiger partial charge in [-0.05, 0) is 47.9 Å². The van der Waals surface area contributed by atoms with Gasteiger partial charge in [-0.2, -0.15) is 0 Å². The van der Waals surface area contributed by atoms with E-state index in [9.17, 15) is 4.39 Å². The van der Waals surface area contributed by atoms with Crippen molar-refractivity contribution >= 4 is 0 Å². The Morgan fingerprint density at radius 1 is 1.00 bits per heavy atom. The van der Waals surface area contributed by atoms with Gasteiger partial charge in [0, 0.05) is 45.2 Å². The molecule has 0 fully saturated rings. The van der Waals surface area contributed by atoms with E-state index >= 15 is 0 Å². The van der Waals surface area contributed by atoms with Crippen LogP contribution in [-0.2, 0) is 24.4 Å². The van der Waals surface area contributed by atoms with Crippen molar-refractivity contribution in [2.24, 2.45) is 0 Å². The molecular formula is C23H27FN2O. The maximum absolute atomic E-state index is 13.5. The highest BCUT2D eigenvalue weighted by Gasteiger charge is 2.11. The summed E-state index contributed by atoms with van der Waals surface area (Å²) in [5.41, 5.74) is 4.84. The molecule has 0 saturated heterocycles. The number of benzene rings is 2. The molecule has 0 spiro atoms. The summed E-state index contributed by atoms with van der Waals surface area (Å²) in [5.74, 6) is -0.192. The molecule has 2 aromatic carbocycles. The van der Waals surface area contributed by atoms with E-state index in [0.29, 0.717) is 13.2 Å². The van der Waals surface area contributed by atoms with E-state index in [1.54, 1.807) is 19.2 Å². The van der Waals surface area contributed by atoms with E-state index < -0.39 is 0 Å². The van der Waals surface area contributed by atoms with Crippen LogP contribution in [0.25, 0.3) is 0 Å². The molecule has 0 N–H and O–H groups in total. The lowest BCUT2D eigenvalue weighted by atomic mass is 10.1. The summed E-state index contributed by atoms with van der Waals surface area (Å²) in [6.07, 6.45) is 2.12. The van der Waals surface area contributed by atoms with Gasteiger partial charge < -0.3 is 9.30 Å². The molecule has 0 aliphatic carbocycles. The van der Waals surface area contributed by atoms with Crippen molar-refractivity contribution in [3.63, 3.8) is 0 Å². The number of methoxy groups -OCH3 is 1. The van der Waals surface area contributed by atoms with Crippen LogP contribution in [-0.4, -0.2) is 29.7 Å². The van der Waals surface area contributed by atoms with Gasteiger partial charge in [-0.15, -0.1) is 0 Å². The fourth-order valence-corrected chi connectivity index (χ4v) is 3.28. The van der Waals surface area contributed by atoms with Crippen LogP contribution < -0.4 is 0 Å². The van der Waals surface area contributed by atoms with Crippen molar-refractivity contribution < 1.29 is 9.13 Å². The number of rotatable bonds is 9. The van der Waals surface area contributed by atoms with E-state index in [1.807, 2.05) is 6.07 Å². The third kappa shape index (κ3) is 5.52. The molecular weight excluding hydrogens is 339 g/mol. The Labute approximate surface area is 161 Å².